The zero-order valence-corrected chi connectivity index (χ0v) is 15.5. The number of ketones is 1. The lowest BCUT2D eigenvalue weighted by molar-refractivity contribution is 0.0635. The van der Waals surface area contributed by atoms with Gasteiger partial charge < -0.3 is 4.74 Å². The molecule has 1 saturated carbocycles. The highest BCUT2D eigenvalue weighted by molar-refractivity contribution is 5.99. The van der Waals surface area contributed by atoms with E-state index in [4.69, 9.17) is 4.74 Å². The Bertz CT molecular complexity index is 802. The largest absolute Gasteiger partial charge is 0.444 e. The van der Waals surface area contributed by atoms with Crippen LogP contribution in [-0.2, 0) is 11.2 Å². The zero-order chi connectivity index (χ0) is 18.7. The highest BCUT2D eigenvalue weighted by Gasteiger charge is 2.25. The Morgan fingerprint density at radius 3 is 2.38 bits per heavy atom. The number of carbonyl (C=O) groups is 2. The van der Waals surface area contributed by atoms with Gasteiger partial charge in [-0.05, 0) is 56.7 Å². The van der Waals surface area contributed by atoms with E-state index in [0.29, 0.717) is 17.2 Å². The van der Waals surface area contributed by atoms with Crippen LogP contribution in [0.15, 0.2) is 48.5 Å². The number of amides is 1. The molecule has 1 aliphatic rings. The normalized spacial score (nSPS) is 14.0. The van der Waals surface area contributed by atoms with Crippen molar-refractivity contribution in [2.45, 2.75) is 51.6 Å². The fourth-order valence-corrected chi connectivity index (χ4v) is 2.87. The van der Waals surface area contributed by atoms with Gasteiger partial charge in [-0.1, -0.05) is 42.5 Å². The highest BCUT2D eigenvalue weighted by atomic mass is 16.6. The Balaban J connectivity index is 1.82. The Kier molecular flexibility index (Phi) is 5.12. The number of benzene rings is 2. The number of Topliss-reactive ketones (excluding diaryl/α,β-unsaturated/α-hetero) is 1. The maximum Gasteiger partial charge on any atom is 0.412 e. The van der Waals surface area contributed by atoms with Gasteiger partial charge >= 0.3 is 6.09 Å². The predicted octanol–water partition coefficient (Wildman–Crippen LogP) is 5.34. The summed E-state index contributed by atoms with van der Waals surface area (Å²) in [6.45, 7) is 5.47. The molecule has 1 fully saturated rings. The summed E-state index contributed by atoms with van der Waals surface area (Å²) in [5, 5.41) is 2.80. The molecule has 0 spiro atoms. The second-order valence-corrected chi connectivity index (χ2v) is 7.78. The molecular formula is C22H25NO3. The molecule has 0 aliphatic heterocycles. The van der Waals surface area contributed by atoms with Crippen molar-refractivity contribution in [1.29, 1.82) is 0 Å². The molecular weight excluding hydrogens is 326 g/mol. The first kappa shape index (κ1) is 18.2. The molecule has 0 bridgehead atoms. The van der Waals surface area contributed by atoms with Crippen molar-refractivity contribution in [3.8, 4) is 0 Å². The van der Waals surface area contributed by atoms with Gasteiger partial charge in [-0.3, -0.25) is 10.1 Å². The van der Waals surface area contributed by atoms with E-state index in [1.54, 1.807) is 0 Å². The summed E-state index contributed by atoms with van der Waals surface area (Å²) in [5.74, 6) is 0.613. The maximum atomic E-state index is 12.6. The van der Waals surface area contributed by atoms with Crippen molar-refractivity contribution < 1.29 is 14.3 Å². The minimum atomic E-state index is -0.571. The standard InChI is InChI=1S/C22H25NO3/c1-22(2,3)26-21(25)23-19-12-11-17(15-9-10-15)13-18(19)14-20(24)16-7-5-4-6-8-16/h4-8,11-13,15H,9-10,14H2,1-3H3,(H,23,25). The van der Waals surface area contributed by atoms with E-state index in [0.717, 1.165) is 5.56 Å². The molecule has 0 saturated heterocycles. The Hall–Kier alpha value is -2.62. The smallest absolute Gasteiger partial charge is 0.412 e. The summed E-state index contributed by atoms with van der Waals surface area (Å²) < 4.78 is 5.34. The lowest BCUT2D eigenvalue weighted by Crippen LogP contribution is -2.27. The molecule has 4 nitrogen and oxygen atoms in total. The molecule has 0 unspecified atom stereocenters. The molecule has 0 radical (unpaired) electrons. The average Bonchev–Trinajstić information content (AvgIpc) is 3.40. The van der Waals surface area contributed by atoms with E-state index in [9.17, 15) is 9.59 Å². The molecule has 1 amide bonds. The van der Waals surface area contributed by atoms with E-state index in [2.05, 4.69) is 5.32 Å². The molecule has 2 aromatic carbocycles. The van der Waals surface area contributed by atoms with Crippen LogP contribution in [0, 0.1) is 0 Å². The minimum absolute atomic E-state index is 0.0331. The molecule has 1 N–H and O–H groups in total. The predicted molar refractivity (Wildman–Crippen MR) is 103 cm³/mol. The van der Waals surface area contributed by atoms with E-state index in [1.165, 1.54) is 18.4 Å². The molecule has 3 rings (SSSR count). The molecule has 2 aromatic rings. The fraction of sp³-hybridized carbons (Fsp3) is 0.364. The van der Waals surface area contributed by atoms with E-state index in [-0.39, 0.29) is 12.2 Å². The van der Waals surface area contributed by atoms with Gasteiger partial charge in [0.25, 0.3) is 0 Å². The zero-order valence-electron chi connectivity index (χ0n) is 15.5. The van der Waals surface area contributed by atoms with Crippen LogP contribution in [0.1, 0.15) is 61.0 Å². The van der Waals surface area contributed by atoms with E-state index in [1.807, 2.05) is 69.3 Å². The van der Waals surface area contributed by atoms with Crippen molar-refractivity contribution in [3.63, 3.8) is 0 Å². The average molecular weight is 351 g/mol. The van der Waals surface area contributed by atoms with Gasteiger partial charge in [0, 0.05) is 17.7 Å². The van der Waals surface area contributed by atoms with Crippen molar-refractivity contribution in [1.82, 2.24) is 0 Å². The Labute approximate surface area is 154 Å². The van der Waals surface area contributed by atoms with Crippen LogP contribution in [0.4, 0.5) is 10.5 Å². The second kappa shape index (κ2) is 7.32. The number of carbonyl (C=O) groups excluding carboxylic acids is 2. The van der Waals surface area contributed by atoms with Crippen molar-refractivity contribution in [2.75, 3.05) is 5.32 Å². The summed E-state index contributed by atoms with van der Waals surface area (Å²) in [6, 6.07) is 15.2. The van der Waals surface area contributed by atoms with Gasteiger partial charge in [-0.2, -0.15) is 0 Å². The van der Waals surface area contributed by atoms with Crippen molar-refractivity contribution in [2.24, 2.45) is 0 Å². The third kappa shape index (κ3) is 4.94. The van der Waals surface area contributed by atoms with Gasteiger partial charge in [-0.25, -0.2) is 4.79 Å². The van der Waals surface area contributed by atoms with Crippen molar-refractivity contribution >= 4 is 17.6 Å². The number of nitrogens with one attached hydrogen (secondary N) is 1. The van der Waals surface area contributed by atoms with Crippen molar-refractivity contribution in [3.05, 3.63) is 65.2 Å². The lowest BCUT2D eigenvalue weighted by atomic mass is 9.98. The van der Waals surface area contributed by atoms with Crippen LogP contribution in [0.25, 0.3) is 0 Å². The van der Waals surface area contributed by atoms with Gasteiger partial charge in [0.05, 0.1) is 0 Å². The first-order valence-corrected chi connectivity index (χ1v) is 9.03. The van der Waals surface area contributed by atoms with Gasteiger partial charge in [0.2, 0.25) is 0 Å². The first-order valence-electron chi connectivity index (χ1n) is 9.03. The summed E-state index contributed by atoms with van der Waals surface area (Å²) >= 11 is 0. The van der Waals surface area contributed by atoms with Crippen LogP contribution in [-0.4, -0.2) is 17.5 Å². The molecule has 4 heteroatoms. The monoisotopic (exact) mass is 351 g/mol. The molecule has 136 valence electrons. The number of ether oxygens (including phenoxy) is 1. The number of anilines is 1. The second-order valence-electron chi connectivity index (χ2n) is 7.78. The topological polar surface area (TPSA) is 55.4 Å². The summed E-state index contributed by atoms with van der Waals surface area (Å²) in [7, 11) is 0. The van der Waals surface area contributed by atoms with Crippen LogP contribution in [0.2, 0.25) is 0 Å². The Morgan fingerprint density at radius 1 is 1.08 bits per heavy atom. The number of hydrogen-bond acceptors (Lipinski definition) is 3. The molecule has 0 aromatic heterocycles. The third-order valence-corrected chi connectivity index (χ3v) is 4.26. The molecule has 26 heavy (non-hydrogen) atoms. The van der Waals surface area contributed by atoms with E-state index < -0.39 is 11.7 Å². The third-order valence-electron chi connectivity index (χ3n) is 4.26. The summed E-state index contributed by atoms with van der Waals surface area (Å²) in [5.41, 5.74) is 2.79. The Morgan fingerprint density at radius 2 is 1.77 bits per heavy atom. The van der Waals surface area contributed by atoms with Gasteiger partial charge in [0.15, 0.2) is 5.78 Å². The summed E-state index contributed by atoms with van der Waals surface area (Å²) in [4.78, 5) is 24.8. The fourth-order valence-electron chi connectivity index (χ4n) is 2.87. The van der Waals surface area contributed by atoms with E-state index >= 15 is 0 Å². The number of hydrogen-bond donors (Lipinski definition) is 1. The lowest BCUT2D eigenvalue weighted by Gasteiger charge is -2.20. The molecule has 0 atom stereocenters. The minimum Gasteiger partial charge on any atom is -0.444 e. The van der Waals surface area contributed by atoms with Crippen LogP contribution in [0.5, 0.6) is 0 Å². The molecule has 0 heterocycles. The van der Waals surface area contributed by atoms with Gasteiger partial charge in [0.1, 0.15) is 5.60 Å². The first-order chi connectivity index (χ1) is 12.3. The maximum absolute atomic E-state index is 12.6. The van der Waals surface area contributed by atoms with Crippen LogP contribution >= 0.6 is 0 Å². The number of rotatable bonds is 5. The van der Waals surface area contributed by atoms with Crippen LogP contribution < -0.4 is 5.32 Å². The summed E-state index contributed by atoms with van der Waals surface area (Å²) in [6.07, 6.45) is 2.11. The highest BCUT2D eigenvalue weighted by Crippen LogP contribution is 2.41. The SMILES string of the molecule is CC(C)(C)OC(=O)Nc1ccc(C2CC2)cc1CC(=O)c1ccccc1. The molecule has 1 aliphatic carbocycles. The quantitative estimate of drug-likeness (QED) is 0.740. The van der Waals surface area contributed by atoms with Gasteiger partial charge in [-0.15, -0.1) is 0 Å². The van der Waals surface area contributed by atoms with Crippen LogP contribution in [0.3, 0.4) is 0 Å².